The summed E-state index contributed by atoms with van der Waals surface area (Å²) >= 11 is 0. The molecule has 7 nitrogen and oxygen atoms in total. The van der Waals surface area contributed by atoms with Crippen LogP contribution in [-0.2, 0) is 14.3 Å². The first kappa shape index (κ1) is 24.2. The Morgan fingerprint density at radius 2 is 1.77 bits per heavy atom. The van der Waals surface area contributed by atoms with Gasteiger partial charge in [-0.25, -0.2) is 12.8 Å². The first-order valence-corrected chi connectivity index (χ1v) is 14.4. The van der Waals surface area contributed by atoms with E-state index >= 15 is 0 Å². The number of tetrazole rings is 1. The van der Waals surface area contributed by atoms with Gasteiger partial charge >= 0.3 is 6.08 Å². The van der Waals surface area contributed by atoms with Crippen molar-refractivity contribution in [3.63, 3.8) is 0 Å². The van der Waals surface area contributed by atoms with Crippen LogP contribution < -0.4 is 0 Å². The van der Waals surface area contributed by atoms with Crippen molar-refractivity contribution in [1.29, 1.82) is 0 Å². The van der Waals surface area contributed by atoms with Crippen LogP contribution in [0.2, 0.25) is 19.6 Å². The van der Waals surface area contributed by atoms with E-state index in [4.69, 9.17) is 4.43 Å². The highest BCUT2D eigenvalue weighted by Crippen LogP contribution is 2.31. The molecule has 0 saturated carbocycles. The summed E-state index contributed by atoms with van der Waals surface area (Å²) in [6, 6.07) is 8.54. The number of allylic oxidation sites excluding steroid dienone is 1. The molecular formula is C18H25F3N4O3SSi. The van der Waals surface area contributed by atoms with Crippen LogP contribution in [0.4, 0.5) is 13.2 Å². The predicted molar refractivity (Wildman–Crippen MR) is 108 cm³/mol. The summed E-state index contributed by atoms with van der Waals surface area (Å²) in [5.41, 5.74) is -0.622. The molecule has 0 saturated heterocycles. The van der Waals surface area contributed by atoms with Crippen molar-refractivity contribution in [2.75, 3.05) is 5.75 Å². The third-order valence-electron chi connectivity index (χ3n) is 4.25. The lowest BCUT2D eigenvalue weighted by atomic mass is 9.97. The molecule has 0 spiro atoms. The summed E-state index contributed by atoms with van der Waals surface area (Å²) in [6.45, 7) is 7.28. The van der Waals surface area contributed by atoms with E-state index in [0.717, 1.165) is 4.68 Å². The Labute approximate surface area is 175 Å². The van der Waals surface area contributed by atoms with Crippen molar-refractivity contribution in [2.45, 2.75) is 56.6 Å². The van der Waals surface area contributed by atoms with Gasteiger partial charge in [0.1, 0.15) is 0 Å². The van der Waals surface area contributed by atoms with Gasteiger partial charge < -0.3 is 4.43 Å². The van der Waals surface area contributed by atoms with Gasteiger partial charge in [0.15, 0.2) is 14.1 Å². The Kier molecular flexibility index (Phi) is 7.58. The van der Waals surface area contributed by atoms with Crippen LogP contribution in [0.1, 0.15) is 26.2 Å². The minimum absolute atomic E-state index is 0.0254. The normalized spacial score (nSPS) is 14.4. The molecule has 0 amide bonds. The third-order valence-corrected chi connectivity index (χ3v) is 6.91. The Morgan fingerprint density at radius 1 is 1.13 bits per heavy atom. The van der Waals surface area contributed by atoms with Crippen LogP contribution in [-0.4, -0.2) is 48.3 Å². The maximum atomic E-state index is 13.4. The molecule has 30 heavy (non-hydrogen) atoms. The van der Waals surface area contributed by atoms with Crippen molar-refractivity contribution in [3.05, 3.63) is 42.2 Å². The molecule has 1 atom stereocenters. The largest absolute Gasteiger partial charge is 0.412 e. The number of rotatable bonds is 10. The smallest absolute Gasteiger partial charge is 0.301 e. The Hall–Kier alpha value is -2.05. The Morgan fingerprint density at radius 3 is 2.33 bits per heavy atom. The van der Waals surface area contributed by atoms with E-state index in [1.54, 1.807) is 37.3 Å². The number of halogens is 3. The van der Waals surface area contributed by atoms with Crippen LogP contribution in [0.3, 0.4) is 0 Å². The molecule has 0 aliphatic carbocycles. The van der Waals surface area contributed by atoms with E-state index in [-0.39, 0.29) is 23.8 Å². The summed E-state index contributed by atoms with van der Waals surface area (Å²) in [4.78, 5) is 0. The molecule has 0 N–H and O–H groups in total. The summed E-state index contributed by atoms with van der Waals surface area (Å²) < 4.78 is 71.3. The second kappa shape index (κ2) is 9.39. The van der Waals surface area contributed by atoms with Gasteiger partial charge in [0, 0.05) is 6.42 Å². The van der Waals surface area contributed by atoms with E-state index in [2.05, 4.69) is 15.5 Å². The zero-order chi connectivity index (χ0) is 22.6. The number of benzene rings is 1. The lowest BCUT2D eigenvalue weighted by Gasteiger charge is -2.36. The van der Waals surface area contributed by atoms with E-state index in [0.29, 0.717) is 5.69 Å². The first-order chi connectivity index (χ1) is 13.8. The average Bonchev–Trinajstić information content (AvgIpc) is 3.15. The number of sulfone groups is 1. The summed E-state index contributed by atoms with van der Waals surface area (Å²) in [6.07, 6.45) is -3.02. The van der Waals surface area contributed by atoms with Gasteiger partial charge in [-0.3, -0.25) is 0 Å². The fourth-order valence-corrected chi connectivity index (χ4v) is 6.11. The fraction of sp³-hybridized carbons (Fsp3) is 0.500. The summed E-state index contributed by atoms with van der Waals surface area (Å²) in [7, 11) is -6.12. The summed E-state index contributed by atoms with van der Waals surface area (Å²) in [5, 5.41) is 10.5. The molecule has 0 aliphatic rings. The first-order valence-electron chi connectivity index (χ1n) is 9.29. The topological polar surface area (TPSA) is 87.0 Å². The molecule has 166 valence electrons. The van der Waals surface area contributed by atoms with E-state index in [1.165, 1.54) is 0 Å². The van der Waals surface area contributed by atoms with Gasteiger partial charge in [0.25, 0.3) is 5.16 Å². The molecule has 1 aromatic heterocycles. The van der Waals surface area contributed by atoms with Crippen LogP contribution in [0, 0.1) is 0 Å². The zero-order valence-corrected chi connectivity index (χ0v) is 19.1. The number of nitrogens with zero attached hydrogens (tertiary/aromatic N) is 4. The van der Waals surface area contributed by atoms with E-state index < -0.39 is 42.1 Å². The predicted octanol–water partition coefficient (Wildman–Crippen LogP) is 4.29. The average molecular weight is 463 g/mol. The van der Waals surface area contributed by atoms with Gasteiger partial charge in [-0.05, 0) is 62.0 Å². The molecule has 12 heteroatoms. The van der Waals surface area contributed by atoms with Gasteiger partial charge in [0.05, 0.1) is 17.0 Å². The second-order valence-corrected chi connectivity index (χ2v) is 14.5. The van der Waals surface area contributed by atoms with Gasteiger partial charge in [-0.2, -0.15) is 13.5 Å². The van der Waals surface area contributed by atoms with Gasteiger partial charge in [0.2, 0.25) is 9.84 Å². The Balaban J connectivity index is 2.24. The van der Waals surface area contributed by atoms with Crippen LogP contribution in [0.5, 0.6) is 0 Å². The highest BCUT2D eigenvalue weighted by molar-refractivity contribution is 7.91. The number of hydrogen-bond acceptors (Lipinski definition) is 6. The maximum Gasteiger partial charge on any atom is 0.301 e. The number of hydrogen-bond donors (Lipinski definition) is 0. The van der Waals surface area contributed by atoms with Crippen LogP contribution in [0.15, 0.2) is 47.4 Å². The molecule has 0 bridgehead atoms. The Bertz CT molecular complexity index is 990. The van der Waals surface area contributed by atoms with Crippen molar-refractivity contribution >= 4 is 18.2 Å². The lowest BCUT2D eigenvalue weighted by Crippen LogP contribution is -2.42. The highest BCUT2D eigenvalue weighted by atomic mass is 32.2. The van der Waals surface area contributed by atoms with Gasteiger partial charge in [-0.1, -0.05) is 23.3 Å². The number of para-hydroxylation sites is 1. The molecule has 1 heterocycles. The summed E-state index contributed by atoms with van der Waals surface area (Å²) in [5.74, 6) is -1.90. The maximum absolute atomic E-state index is 13.4. The van der Waals surface area contributed by atoms with Crippen molar-refractivity contribution < 1.29 is 26.0 Å². The lowest BCUT2D eigenvalue weighted by molar-refractivity contribution is 0.0657. The monoisotopic (exact) mass is 462 g/mol. The van der Waals surface area contributed by atoms with Crippen LogP contribution >= 0.6 is 0 Å². The fourth-order valence-electron chi connectivity index (χ4n) is 2.98. The minimum Gasteiger partial charge on any atom is -0.412 e. The van der Waals surface area contributed by atoms with Gasteiger partial charge in [-0.15, -0.1) is 0 Å². The quantitative estimate of drug-likeness (QED) is 0.490. The van der Waals surface area contributed by atoms with Crippen molar-refractivity contribution in [2.24, 2.45) is 0 Å². The van der Waals surface area contributed by atoms with E-state index in [9.17, 15) is 21.6 Å². The molecule has 0 aliphatic heterocycles. The second-order valence-electron chi connectivity index (χ2n) is 8.11. The molecule has 1 aromatic carbocycles. The standard InChI is InChI=1S/C18H25F3N4O3SSi/c1-18(28-30(2,3)4,11-10-15(19)16(20)21)12-13-29(26,27)17-22-23-24-25(17)14-8-6-5-7-9-14/h5-9H,10-13H2,1-4H3/t18-/m0/s1. The highest BCUT2D eigenvalue weighted by Gasteiger charge is 2.35. The number of aromatic nitrogens is 4. The molecular weight excluding hydrogens is 437 g/mol. The molecule has 0 fully saturated rings. The molecule has 0 radical (unpaired) electrons. The molecule has 0 unspecified atom stereocenters. The minimum atomic E-state index is -3.93. The molecule has 2 aromatic rings. The zero-order valence-electron chi connectivity index (χ0n) is 17.3. The van der Waals surface area contributed by atoms with Crippen LogP contribution in [0.25, 0.3) is 5.69 Å². The third kappa shape index (κ3) is 6.74. The van der Waals surface area contributed by atoms with Crippen molar-refractivity contribution in [1.82, 2.24) is 20.2 Å². The van der Waals surface area contributed by atoms with E-state index in [1.807, 2.05) is 19.6 Å². The SMILES string of the molecule is C[C@](CCC(F)=C(F)F)(CCS(=O)(=O)c1nnnn1-c1ccccc1)O[Si](C)(C)C. The van der Waals surface area contributed by atoms with Crippen molar-refractivity contribution in [3.8, 4) is 5.69 Å². The molecule has 2 rings (SSSR count).